The highest BCUT2D eigenvalue weighted by Gasteiger charge is 2.17. The molecule has 1 aromatic carbocycles. The summed E-state index contributed by atoms with van der Waals surface area (Å²) in [6.45, 7) is 0. The summed E-state index contributed by atoms with van der Waals surface area (Å²) >= 11 is 0. The maximum absolute atomic E-state index is 9.35. The molecule has 7 heteroatoms. The van der Waals surface area contributed by atoms with Crippen molar-refractivity contribution in [1.29, 1.82) is 5.26 Å². The van der Waals surface area contributed by atoms with E-state index in [0.717, 1.165) is 42.6 Å². The maximum Gasteiger partial charge on any atom is 0.227 e. The average Bonchev–Trinajstić information content (AvgIpc) is 2.81. The van der Waals surface area contributed by atoms with Crippen LogP contribution in [0.1, 0.15) is 37.8 Å². The highest BCUT2D eigenvalue weighted by atomic mass is 16.5. The van der Waals surface area contributed by atoms with Crippen molar-refractivity contribution in [2.45, 2.75) is 38.2 Å². The Morgan fingerprint density at radius 1 is 0.967 bits per heavy atom. The molecular weight excluding hydrogens is 378 g/mol. The molecule has 0 atom stereocenters. The Labute approximate surface area is 175 Å². The molecule has 0 spiro atoms. The first-order chi connectivity index (χ1) is 14.7. The number of hydrogen-bond donors (Lipinski definition) is 1. The number of anilines is 2. The minimum absolute atomic E-state index is 0.142. The van der Waals surface area contributed by atoms with Gasteiger partial charge in [-0.1, -0.05) is 18.6 Å². The number of nitrogens with zero attached hydrogens (tertiary/aromatic N) is 4. The van der Waals surface area contributed by atoms with Crippen molar-refractivity contribution < 1.29 is 9.47 Å². The van der Waals surface area contributed by atoms with E-state index in [9.17, 15) is 5.26 Å². The molecule has 0 aliphatic heterocycles. The van der Waals surface area contributed by atoms with Gasteiger partial charge in [-0.2, -0.15) is 5.26 Å². The summed E-state index contributed by atoms with van der Waals surface area (Å²) in [5, 5.41) is 12.5. The molecule has 30 heavy (non-hydrogen) atoms. The maximum atomic E-state index is 9.35. The van der Waals surface area contributed by atoms with Crippen molar-refractivity contribution in [3.63, 3.8) is 0 Å². The van der Waals surface area contributed by atoms with E-state index < -0.39 is 0 Å². The summed E-state index contributed by atoms with van der Waals surface area (Å²) in [5.41, 5.74) is 2.88. The van der Waals surface area contributed by atoms with E-state index in [1.807, 2.05) is 24.3 Å². The normalized spacial score (nSPS) is 14.0. The molecule has 4 rings (SSSR count). The van der Waals surface area contributed by atoms with E-state index in [-0.39, 0.29) is 6.10 Å². The second kappa shape index (κ2) is 9.23. The molecule has 152 valence electrons. The van der Waals surface area contributed by atoms with Crippen LogP contribution in [0.3, 0.4) is 0 Å². The van der Waals surface area contributed by atoms with Gasteiger partial charge >= 0.3 is 0 Å². The Bertz CT molecular complexity index is 1020. The van der Waals surface area contributed by atoms with Crippen molar-refractivity contribution in [2.24, 2.45) is 0 Å². The standard InChI is InChI=1S/C23H23N5O2/c1-29-19-9-7-16(8-10-19)17-13-26-23(27-14-17)28-18-11-22(21(12-24)25-15-18)30-20-5-3-2-4-6-20/h7-11,13-15,20H,2-6H2,1H3,(H,26,27,28). The zero-order valence-corrected chi connectivity index (χ0v) is 16.8. The van der Waals surface area contributed by atoms with E-state index in [2.05, 4.69) is 26.3 Å². The van der Waals surface area contributed by atoms with Gasteiger partial charge in [-0.3, -0.25) is 0 Å². The molecule has 0 saturated heterocycles. The Balaban J connectivity index is 1.48. The lowest BCUT2D eigenvalue weighted by molar-refractivity contribution is 0.154. The third-order valence-corrected chi connectivity index (χ3v) is 5.14. The zero-order chi connectivity index (χ0) is 20.8. The van der Waals surface area contributed by atoms with Gasteiger partial charge in [0, 0.05) is 24.0 Å². The van der Waals surface area contributed by atoms with E-state index in [0.29, 0.717) is 23.1 Å². The summed E-state index contributed by atoms with van der Waals surface area (Å²) in [7, 11) is 1.64. The Morgan fingerprint density at radius 2 is 1.70 bits per heavy atom. The SMILES string of the molecule is COc1ccc(-c2cnc(Nc3cnc(C#N)c(OC4CCCCC4)c3)nc2)cc1. The molecule has 1 saturated carbocycles. The fraction of sp³-hybridized carbons (Fsp3) is 0.304. The van der Waals surface area contributed by atoms with Crippen LogP contribution in [0.25, 0.3) is 11.1 Å². The summed E-state index contributed by atoms with van der Waals surface area (Å²) in [6.07, 6.45) is 10.8. The van der Waals surface area contributed by atoms with Crippen LogP contribution >= 0.6 is 0 Å². The number of rotatable bonds is 6. The summed E-state index contributed by atoms with van der Waals surface area (Å²) in [5.74, 6) is 1.75. The van der Waals surface area contributed by atoms with Gasteiger partial charge in [0.25, 0.3) is 0 Å². The van der Waals surface area contributed by atoms with Crippen LogP contribution < -0.4 is 14.8 Å². The Morgan fingerprint density at radius 3 is 2.37 bits per heavy atom. The van der Waals surface area contributed by atoms with Gasteiger partial charge in [-0.05, 0) is 43.4 Å². The van der Waals surface area contributed by atoms with E-state index in [4.69, 9.17) is 9.47 Å². The first-order valence-corrected chi connectivity index (χ1v) is 10.1. The van der Waals surface area contributed by atoms with Crippen LogP contribution in [0, 0.1) is 11.3 Å². The highest BCUT2D eigenvalue weighted by Crippen LogP contribution is 2.28. The van der Waals surface area contributed by atoms with Gasteiger partial charge in [-0.15, -0.1) is 0 Å². The lowest BCUT2D eigenvalue weighted by Crippen LogP contribution is -2.20. The minimum Gasteiger partial charge on any atom is -0.497 e. The van der Waals surface area contributed by atoms with E-state index in [1.165, 1.54) is 6.42 Å². The number of nitrogens with one attached hydrogen (secondary N) is 1. The molecule has 0 radical (unpaired) electrons. The Hall–Kier alpha value is -3.66. The smallest absolute Gasteiger partial charge is 0.227 e. The number of nitriles is 1. The van der Waals surface area contributed by atoms with Crippen LogP contribution in [-0.4, -0.2) is 28.2 Å². The highest BCUT2D eigenvalue weighted by molar-refractivity contribution is 5.64. The molecule has 7 nitrogen and oxygen atoms in total. The third-order valence-electron chi connectivity index (χ3n) is 5.14. The van der Waals surface area contributed by atoms with Gasteiger partial charge < -0.3 is 14.8 Å². The largest absolute Gasteiger partial charge is 0.497 e. The topological polar surface area (TPSA) is 93.0 Å². The summed E-state index contributed by atoms with van der Waals surface area (Å²) in [6, 6.07) is 11.6. The molecule has 1 aliphatic carbocycles. The quantitative estimate of drug-likeness (QED) is 0.629. The molecule has 0 bridgehead atoms. The van der Waals surface area contributed by atoms with Crippen molar-refractivity contribution in [1.82, 2.24) is 15.0 Å². The lowest BCUT2D eigenvalue weighted by Gasteiger charge is -2.23. The first kappa shape index (κ1) is 19.6. The molecular formula is C23H23N5O2. The van der Waals surface area contributed by atoms with Gasteiger partial charge in [-0.25, -0.2) is 15.0 Å². The lowest BCUT2D eigenvalue weighted by atomic mass is 9.98. The number of ether oxygens (including phenoxy) is 2. The monoisotopic (exact) mass is 401 g/mol. The predicted octanol–water partition coefficient (Wildman–Crippen LogP) is 4.87. The molecule has 1 aliphatic rings. The van der Waals surface area contributed by atoms with Crippen molar-refractivity contribution in [3.05, 3.63) is 54.6 Å². The van der Waals surface area contributed by atoms with Gasteiger partial charge in [0.2, 0.25) is 5.95 Å². The molecule has 2 heterocycles. The first-order valence-electron chi connectivity index (χ1n) is 10.1. The minimum atomic E-state index is 0.142. The van der Waals surface area contributed by atoms with Crippen LogP contribution in [0.15, 0.2) is 48.9 Å². The summed E-state index contributed by atoms with van der Waals surface area (Å²) < 4.78 is 11.3. The second-order valence-electron chi connectivity index (χ2n) is 7.21. The van der Waals surface area contributed by atoms with E-state index >= 15 is 0 Å². The molecule has 1 N–H and O–H groups in total. The van der Waals surface area contributed by atoms with Crippen molar-refractivity contribution in [3.8, 4) is 28.7 Å². The third kappa shape index (κ3) is 4.66. The summed E-state index contributed by atoms with van der Waals surface area (Å²) in [4.78, 5) is 13.0. The molecule has 0 unspecified atom stereocenters. The molecule has 1 fully saturated rings. The van der Waals surface area contributed by atoms with Crippen molar-refractivity contribution >= 4 is 11.6 Å². The predicted molar refractivity (Wildman–Crippen MR) is 114 cm³/mol. The molecule has 3 aromatic rings. The van der Waals surface area contributed by atoms with E-state index in [1.54, 1.807) is 31.8 Å². The Kier molecular flexibility index (Phi) is 6.04. The number of benzene rings is 1. The number of methoxy groups -OCH3 is 1. The zero-order valence-electron chi connectivity index (χ0n) is 16.8. The number of pyridine rings is 1. The van der Waals surface area contributed by atoms with Crippen LogP contribution in [-0.2, 0) is 0 Å². The molecule has 0 amide bonds. The second-order valence-corrected chi connectivity index (χ2v) is 7.21. The number of aromatic nitrogens is 3. The van der Waals surface area contributed by atoms with Crippen LogP contribution in [0.2, 0.25) is 0 Å². The van der Waals surface area contributed by atoms with Crippen molar-refractivity contribution in [2.75, 3.05) is 12.4 Å². The average molecular weight is 401 g/mol. The molecule has 2 aromatic heterocycles. The number of hydrogen-bond acceptors (Lipinski definition) is 7. The van der Waals surface area contributed by atoms with Gasteiger partial charge in [0.05, 0.1) is 25.1 Å². The van der Waals surface area contributed by atoms with Crippen LogP contribution in [0.5, 0.6) is 11.5 Å². The van der Waals surface area contributed by atoms with Gasteiger partial charge in [0.15, 0.2) is 11.4 Å². The fourth-order valence-corrected chi connectivity index (χ4v) is 3.50. The fourth-order valence-electron chi connectivity index (χ4n) is 3.50. The van der Waals surface area contributed by atoms with Gasteiger partial charge in [0.1, 0.15) is 11.8 Å². The van der Waals surface area contributed by atoms with Crippen LogP contribution in [0.4, 0.5) is 11.6 Å².